The van der Waals surface area contributed by atoms with E-state index in [1.807, 2.05) is 25.1 Å². The molecule has 0 atom stereocenters. The number of rotatable bonds is 3. The van der Waals surface area contributed by atoms with Gasteiger partial charge in [-0.25, -0.2) is 0 Å². The minimum Gasteiger partial charge on any atom is -0.508 e. The van der Waals surface area contributed by atoms with Crippen LogP contribution in [0.3, 0.4) is 0 Å². The van der Waals surface area contributed by atoms with Gasteiger partial charge < -0.3 is 5.11 Å². The maximum Gasteiger partial charge on any atom is 0.132 e. The number of aromatic hydroxyl groups is 1. The fourth-order valence-electron chi connectivity index (χ4n) is 2.21. The number of hydrogen-bond donors (Lipinski definition) is 1. The van der Waals surface area contributed by atoms with E-state index in [9.17, 15) is 5.11 Å². The summed E-state index contributed by atoms with van der Waals surface area (Å²) in [5, 5.41) is 9.45. The molecule has 0 aliphatic carbocycles. The molecule has 0 radical (unpaired) electrons. The number of para-hydroxylation sites is 1. The summed E-state index contributed by atoms with van der Waals surface area (Å²) in [5.74, 6) is 0.335. The highest BCUT2D eigenvalue weighted by Gasteiger charge is 2.20. The molecule has 2 aromatic rings. The molecule has 2 aromatic carbocycles. The summed E-state index contributed by atoms with van der Waals surface area (Å²) in [6.45, 7) is 2.95. The molecular formula is C16H20NO+. The fourth-order valence-corrected chi connectivity index (χ4v) is 2.21. The van der Waals surface area contributed by atoms with Gasteiger partial charge in [0.15, 0.2) is 0 Å². The zero-order chi connectivity index (χ0) is 13.2. The Morgan fingerprint density at radius 2 is 1.67 bits per heavy atom. The Bertz CT molecular complexity index is 532. The lowest BCUT2D eigenvalue weighted by molar-refractivity contribution is 0.390. The van der Waals surface area contributed by atoms with E-state index in [1.54, 1.807) is 6.07 Å². The predicted molar refractivity (Wildman–Crippen MR) is 76.6 cm³/mol. The van der Waals surface area contributed by atoms with Crippen molar-refractivity contribution in [2.75, 3.05) is 14.1 Å². The van der Waals surface area contributed by atoms with Crippen LogP contribution in [0.5, 0.6) is 5.75 Å². The number of aryl methyl sites for hydroxylation is 1. The molecule has 2 nitrogen and oxygen atoms in total. The van der Waals surface area contributed by atoms with Crippen LogP contribution in [0, 0.1) is 6.92 Å². The van der Waals surface area contributed by atoms with Crippen LogP contribution in [0.2, 0.25) is 0 Å². The van der Waals surface area contributed by atoms with E-state index in [1.165, 1.54) is 11.3 Å². The summed E-state index contributed by atoms with van der Waals surface area (Å²) in [4.78, 5) is 0. The third-order valence-corrected chi connectivity index (χ3v) is 3.35. The Morgan fingerprint density at radius 3 is 2.28 bits per heavy atom. The monoisotopic (exact) mass is 242 g/mol. The molecule has 94 valence electrons. The number of quaternary nitrogens is 1. The van der Waals surface area contributed by atoms with E-state index < -0.39 is 0 Å². The average molecular weight is 242 g/mol. The van der Waals surface area contributed by atoms with E-state index in [4.69, 9.17) is 0 Å². The summed E-state index contributed by atoms with van der Waals surface area (Å²) in [6, 6.07) is 16.1. The first-order chi connectivity index (χ1) is 8.49. The topological polar surface area (TPSA) is 20.2 Å². The Morgan fingerprint density at radius 1 is 1.00 bits per heavy atom. The van der Waals surface area contributed by atoms with Gasteiger partial charge in [-0.15, -0.1) is 0 Å². The highest BCUT2D eigenvalue weighted by Crippen LogP contribution is 2.24. The maximum atomic E-state index is 9.45. The Balaban J connectivity index is 2.28. The first-order valence-electron chi connectivity index (χ1n) is 6.16. The van der Waals surface area contributed by atoms with Gasteiger partial charge in [0.25, 0.3) is 0 Å². The smallest absolute Gasteiger partial charge is 0.132 e. The van der Waals surface area contributed by atoms with Crippen LogP contribution in [0.15, 0.2) is 48.5 Å². The minimum absolute atomic E-state index is 0.335. The molecule has 0 amide bonds. The average Bonchev–Trinajstić information content (AvgIpc) is 2.34. The van der Waals surface area contributed by atoms with E-state index in [0.29, 0.717) is 5.75 Å². The van der Waals surface area contributed by atoms with E-state index in [2.05, 4.69) is 38.4 Å². The van der Waals surface area contributed by atoms with Crippen molar-refractivity contribution >= 4 is 5.69 Å². The number of phenolic OH excluding ortho intramolecular Hbond substituents is 1. The summed E-state index contributed by atoms with van der Waals surface area (Å²) < 4.78 is 0.798. The van der Waals surface area contributed by atoms with Crippen molar-refractivity contribution in [1.82, 2.24) is 4.48 Å². The molecule has 0 fully saturated rings. The van der Waals surface area contributed by atoms with Gasteiger partial charge in [0.05, 0.1) is 14.1 Å². The van der Waals surface area contributed by atoms with Crippen LogP contribution < -0.4 is 4.48 Å². The molecule has 0 saturated carbocycles. The molecule has 0 heterocycles. The van der Waals surface area contributed by atoms with E-state index >= 15 is 0 Å². The zero-order valence-electron chi connectivity index (χ0n) is 11.2. The van der Waals surface area contributed by atoms with Crippen molar-refractivity contribution in [3.8, 4) is 5.75 Å². The van der Waals surface area contributed by atoms with Gasteiger partial charge in [-0.3, -0.25) is 4.48 Å². The molecule has 0 aliphatic heterocycles. The lowest BCUT2D eigenvalue weighted by atomic mass is 10.1. The van der Waals surface area contributed by atoms with Gasteiger partial charge in [0.2, 0.25) is 0 Å². The van der Waals surface area contributed by atoms with Crippen LogP contribution in [0.1, 0.15) is 11.1 Å². The normalized spacial score (nSPS) is 11.5. The van der Waals surface area contributed by atoms with Crippen LogP contribution in [0.25, 0.3) is 0 Å². The van der Waals surface area contributed by atoms with Crippen molar-refractivity contribution in [2.24, 2.45) is 0 Å². The quantitative estimate of drug-likeness (QED) is 0.817. The maximum absolute atomic E-state index is 9.45. The van der Waals surface area contributed by atoms with Gasteiger partial charge in [-0.2, -0.15) is 0 Å². The van der Waals surface area contributed by atoms with Crippen LogP contribution in [0.4, 0.5) is 5.69 Å². The number of phenols is 1. The van der Waals surface area contributed by atoms with E-state index in [-0.39, 0.29) is 0 Å². The SMILES string of the molecule is Cc1cc(O)ccc1C[N+](C)(C)c1ccccc1. The van der Waals surface area contributed by atoms with Crippen LogP contribution >= 0.6 is 0 Å². The first kappa shape index (κ1) is 12.7. The van der Waals surface area contributed by atoms with Crippen LogP contribution in [-0.2, 0) is 6.54 Å². The van der Waals surface area contributed by atoms with Crippen molar-refractivity contribution < 1.29 is 5.11 Å². The molecule has 18 heavy (non-hydrogen) atoms. The van der Waals surface area contributed by atoms with Gasteiger partial charge >= 0.3 is 0 Å². The minimum atomic E-state index is 0.335. The number of hydrogen-bond acceptors (Lipinski definition) is 1. The second-order valence-electron chi connectivity index (χ2n) is 5.29. The molecule has 0 saturated heterocycles. The summed E-state index contributed by atoms with van der Waals surface area (Å²) in [5.41, 5.74) is 3.68. The molecule has 0 aliphatic rings. The molecule has 0 bridgehead atoms. The second kappa shape index (κ2) is 4.83. The molecule has 2 rings (SSSR count). The second-order valence-corrected chi connectivity index (χ2v) is 5.29. The molecule has 0 spiro atoms. The molecule has 0 aromatic heterocycles. The predicted octanol–water partition coefficient (Wildman–Crippen LogP) is 3.47. The molecular weight excluding hydrogens is 222 g/mol. The highest BCUT2D eigenvalue weighted by atomic mass is 16.3. The van der Waals surface area contributed by atoms with Gasteiger partial charge in [-0.05, 0) is 42.8 Å². The summed E-state index contributed by atoms with van der Waals surface area (Å²) in [6.07, 6.45) is 0. The lowest BCUT2D eigenvalue weighted by Gasteiger charge is -2.30. The summed E-state index contributed by atoms with van der Waals surface area (Å²) in [7, 11) is 4.39. The van der Waals surface area contributed by atoms with Crippen LogP contribution in [-0.4, -0.2) is 19.2 Å². The third kappa shape index (κ3) is 2.71. The fraction of sp³-hybridized carbons (Fsp3) is 0.250. The highest BCUT2D eigenvalue weighted by molar-refractivity contribution is 5.43. The molecule has 0 unspecified atom stereocenters. The lowest BCUT2D eigenvalue weighted by Crippen LogP contribution is -2.39. The third-order valence-electron chi connectivity index (χ3n) is 3.35. The number of benzene rings is 2. The standard InChI is InChI=1S/C16H19NO/c1-13-11-16(18)10-9-14(13)12-17(2,3)15-7-5-4-6-8-15/h4-11H,12H2,1-3H3/p+1. The van der Waals surface area contributed by atoms with Crippen molar-refractivity contribution in [1.29, 1.82) is 0 Å². The zero-order valence-corrected chi connectivity index (χ0v) is 11.2. The van der Waals surface area contributed by atoms with Crippen molar-refractivity contribution in [3.63, 3.8) is 0 Å². The Labute approximate surface area is 109 Å². The largest absolute Gasteiger partial charge is 0.508 e. The molecule has 1 N–H and O–H groups in total. The first-order valence-corrected chi connectivity index (χ1v) is 6.16. The Hall–Kier alpha value is -1.80. The van der Waals surface area contributed by atoms with Crippen molar-refractivity contribution in [2.45, 2.75) is 13.5 Å². The van der Waals surface area contributed by atoms with Gasteiger partial charge in [-0.1, -0.05) is 18.2 Å². The van der Waals surface area contributed by atoms with E-state index in [0.717, 1.165) is 16.6 Å². The summed E-state index contributed by atoms with van der Waals surface area (Å²) >= 11 is 0. The van der Waals surface area contributed by atoms with Gasteiger partial charge in [0, 0.05) is 5.56 Å². The van der Waals surface area contributed by atoms with Gasteiger partial charge in [0.1, 0.15) is 18.0 Å². The Kier molecular flexibility index (Phi) is 3.39. The number of nitrogens with zero attached hydrogens (tertiary/aromatic N) is 1. The van der Waals surface area contributed by atoms with Crippen molar-refractivity contribution in [3.05, 3.63) is 59.7 Å². The molecule has 2 heteroatoms.